The molecule has 0 unspecified atom stereocenters. The number of nitrogens with zero attached hydrogens (tertiary/aromatic N) is 1. The maximum absolute atomic E-state index is 13.6. The van der Waals surface area contributed by atoms with E-state index in [0.29, 0.717) is 19.2 Å². The molecule has 0 amide bonds. The van der Waals surface area contributed by atoms with E-state index in [0.717, 1.165) is 18.5 Å². The van der Waals surface area contributed by atoms with Crippen molar-refractivity contribution in [2.24, 2.45) is 0 Å². The average Bonchev–Trinajstić information content (AvgIpc) is 3.13. The van der Waals surface area contributed by atoms with Crippen molar-refractivity contribution in [1.29, 1.82) is 0 Å². The summed E-state index contributed by atoms with van der Waals surface area (Å²) in [4.78, 5) is 12.8. The highest BCUT2D eigenvalue weighted by atomic mass is 19.1. The second-order valence-electron chi connectivity index (χ2n) is 4.39. The largest absolute Gasteiger partial charge is 0.478 e. The molecule has 1 N–H and O–H groups in total. The monoisotopic (exact) mass is 253 g/mol. The SMILES string of the molecule is COCCN(c1ccc(C(=O)O)c(F)c1)C1CC1. The summed E-state index contributed by atoms with van der Waals surface area (Å²) in [5, 5.41) is 8.78. The molecule has 0 atom stereocenters. The lowest BCUT2D eigenvalue weighted by molar-refractivity contribution is 0.0692. The van der Waals surface area contributed by atoms with Gasteiger partial charge in [0.2, 0.25) is 0 Å². The number of carbonyl (C=O) groups is 1. The Kier molecular flexibility index (Phi) is 3.81. The minimum absolute atomic E-state index is 0.291. The maximum Gasteiger partial charge on any atom is 0.338 e. The highest BCUT2D eigenvalue weighted by Crippen LogP contribution is 2.32. The van der Waals surface area contributed by atoms with E-state index < -0.39 is 11.8 Å². The van der Waals surface area contributed by atoms with Gasteiger partial charge in [-0.15, -0.1) is 0 Å². The van der Waals surface area contributed by atoms with Crippen LogP contribution in [0.25, 0.3) is 0 Å². The van der Waals surface area contributed by atoms with Crippen LogP contribution < -0.4 is 4.90 Å². The lowest BCUT2D eigenvalue weighted by Crippen LogP contribution is -2.29. The molecule has 18 heavy (non-hydrogen) atoms. The molecule has 1 aliphatic rings. The van der Waals surface area contributed by atoms with Crippen LogP contribution in [-0.2, 0) is 4.74 Å². The van der Waals surface area contributed by atoms with Gasteiger partial charge in [-0.3, -0.25) is 0 Å². The van der Waals surface area contributed by atoms with Gasteiger partial charge in [0.25, 0.3) is 0 Å². The van der Waals surface area contributed by atoms with Crippen molar-refractivity contribution in [2.45, 2.75) is 18.9 Å². The number of aromatic carboxylic acids is 1. The van der Waals surface area contributed by atoms with E-state index in [-0.39, 0.29) is 5.56 Å². The van der Waals surface area contributed by atoms with Gasteiger partial charge >= 0.3 is 5.97 Å². The molecule has 1 aliphatic carbocycles. The van der Waals surface area contributed by atoms with Gasteiger partial charge in [0.1, 0.15) is 5.82 Å². The Morgan fingerprint density at radius 3 is 2.78 bits per heavy atom. The summed E-state index contributed by atoms with van der Waals surface area (Å²) in [6.45, 7) is 1.26. The summed E-state index contributed by atoms with van der Waals surface area (Å²) < 4.78 is 18.7. The second-order valence-corrected chi connectivity index (χ2v) is 4.39. The van der Waals surface area contributed by atoms with E-state index in [4.69, 9.17) is 9.84 Å². The summed E-state index contributed by atoms with van der Waals surface area (Å²) >= 11 is 0. The zero-order valence-corrected chi connectivity index (χ0v) is 10.2. The Bertz CT molecular complexity index is 446. The number of methoxy groups -OCH3 is 1. The van der Waals surface area contributed by atoms with Crippen LogP contribution in [0.2, 0.25) is 0 Å². The number of carboxylic acids is 1. The van der Waals surface area contributed by atoms with Gasteiger partial charge in [0, 0.05) is 25.4 Å². The van der Waals surface area contributed by atoms with Crippen molar-refractivity contribution < 1.29 is 19.0 Å². The number of hydrogen-bond acceptors (Lipinski definition) is 3. The predicted octanol–water partition coefficient (Wildman–Crippen LogP) is 2.14. The molecule has 2 rings (SSSR count). The summed E-state index contributed by atoms with van der Waals surface area (Å²) in [7, 11) is 1.62. The van der Waals surface area contributed by atoms with Crippen molar-refractivity contribution in [1.82, 2.24) is 0 Å². The molecule has 5 heteroatoms. The van der Waals surface area contributed by atoms with Crippen LogP contribution in [-0.4, -0.2) is 37.4 Å². The van der Waals surface area contributed by atoms with Gasteiger partial charge in [-0.05, 0) is 31.0 Å². The number of hydrogen-bond donors (Lipinski definition) is 1. The first-order chi connectivity index (χ1) is 8.63. The topological polar surface area (TPSA) is 49.8 Å². The normalized spacial score (nSPS) is 14.6. The van der Waals surface area contributed by atoms with E-state index in [2.05, 4.69) is 4.90 Å². The van der Waals surface area contributed by atoms with Crippen LogP contribution in [0.3, 0.4) is 0 Å². The first-order valence-electron chi connectivity index (χ1n) is 5.92. The van der Waals surface area contributed by atoms with Crippen molar-refractivity contribution in [2.75, 3.05) is 25.2 Å². The zero-order valence-electron chi connectivity index (χ0n) is 10.2. The molecule has 1 aromatic rings. The van der Waals surface area contributed by atoms with Crippen LogP contribution >= 0.6 is 0 Å². The van der Waals surface area contributed by atoms with Gasteiger partial charge in [0.15, 0.2) is 0 Å². The number of carboxylic acid groups (broad SMARTS) is 1. The first-order valence-corrected chi connectivity index (χ1v) is 5.92. The molecular weight excluding hydrogens is 237 g/mol. The number of benzene rings is 1. The average molecular weight is 253 g/mol. The Hall–Kier alpha value is -1.62. The summed E-state index contributed by atoms with van der Waals surface area (Å²) in [5.74, 6) is -1.93. The number of rotatable bonds is 6. The summed E-state index contributed by atoms with van der Waals surface area (Å²) in [6.07, 6.45) is 2.18. The molecule has 0 aliphatic heterocycles. The van der Waals surface area contributed by atoms with Crippen LogP contribution in [0.15, 0.2) is 18.2 Å². The highest BCUT2D eigenvalue weighted by Gasteiger charge is 2.29. The van der Waals surface area contributed by atoms with Gasteiger partial charge in [-0.1, -0.05) is 0 Å². The Morgan fingerprint density at radius 1 is 1.56 bits per heavy atom. The molecule has 0 aromatic heterocycles. The van der Waals surface area contributed by atoms with Crippen LogP contribution in [0, 0.1) is 5.82 Å². The van der Waals surface area contributed by atoms with E-state index in [1.165, 1.54) is 12.1 Å². The van der Waals surface area contributed by atoms with Crippen molar-refractivity contribution in [3.63, 3.8) is 0 Å². The Balaban J connectivity index is 2.19. The smallest absolute Gasteiger partial charge is 0.338 e. The van der Waals surface area contributed by atoms with Crippen molar-refractivity contribution in [3.8, 4) is 0 Å². The molecule has 0 saturated heterocycles. The minimum Gasteiger partial charge on any atom is -0.478 e. The van der Waals surface area contributed by atoms with Gasteiger partial charge in [-0.25, -0.2) is 9.18 Å². The summed E-state index contributed by atoms with van der Waals surface area (Å²) in [6, 6.07) is 4.68. The van der Waals surface area contributed by atoms with Crippen molar-refractivity contribution in [3.05, 3.63) is 29.6 Å². The Morgan fingerprint density at radius 2 is 2.28 bits per heavy atom. The molecule has 1 aromatic carbocycles. The fourth-order valence-corrected chi connectivity index (χ4v) is 1.95. The van der Waals surface area contributed by atoms with E-state index in [9.17, 15) is 9.18 Å². The highest BCUT2D eigenvalue weighted by molar-refractivity contribution is 5.88. The van der Waals surface area contributed by atoms with E-state index >= 15 is 0 Å². The molecule has 98 valence electrons. The van der Waals surface area contributed by atoms with Crippen LogP contribution in [0.1, 0.15) is 23.2 Å². The quantitative estimate of drug-likeness (QED) is 0.843. The third-order valence-corrected chi connectivity index (χ3v) is 3.04. The standard InChI is InChI=1S/C13H16FNO3/c1-18-7-6-15(9-2-3-9)10-4-5-11(13(16)17)12(14)8-10/h4-5,8-9H,2-3,6-7H2,1H3,(H,16,17). The molecule has 0 radical (unpaired) electrons. The van der Waals surface area contributed by atoms with E-state index in [1.807, 2.05) is 0 Å². The molecule has 1 fully saturated rings. The molecule has 1 saturated carbocycles. The van der Waals surface area contributed by atoms with Crippen molar-refractivity contribution >= 4 is 11.7 Å². The fourth-order valence-electron chi connectivity index (χ4n) is 1.95. The number of halogens is 1. The maximum atomic E-state index is 13.6. The molecule has 0 spiro atoms. The third-order valence-electron chi connectivity index (χ3n) is 3.04. The van der Waals surface area contributed by atoms with Gasteiger partial charge < -0.3 is 14.7 Å². The van der Waals surface area contributed by atoms with Gasteiger partial charge in [-0.2, -0.15) is 0 Å². The lowest BCUT2D eigenvalue weighted by Gasteiger charge is -2.24. The third kappa shape index (κ3) is 2.79. The molecule has 0 heterocycles. The fraction of sp³-hybridized carbons (Fsp3) is 0.462. The van der Waals surface area contributed by atoms with Crippen LogP contribution in [0.4, 0.5) is 10.1 Å². The number of ether oxygens (including phenoxy) is 1. The second kappa shape index (κ2) is 5.35. The Labute approximate surface area is 105 Å². The molecule has 0 bridgehead atoms. The minimum atomic E-state index is -1.24. The van der Waals surface area contributed by atoms with Crippen LogP contribution in [0.5, 0.6) is 0 Å². The molecule has 4 nitrogen and oxygen atoms in total. The first kappa shape index (κ1) is 12.8. The molecular formula is C13H16FNO3. The summed E-state index contributed by atoms with van der Waals surface area (Å²) in [5.41, 5.74) is 0.429. The van der Waals surface area contributed by atoms with E-state index in [1.54, 1.807) is 13.2 Å². The zero-order chi connectivity index (χ0) is 13.1. The number of anilines is 1. The van der Waals surface area contributed by atoms with Gasteiger partial charge in [0.05, 0.1) is 12.2 Å². The lowest BCUT2D eigenvalue weighted by atomic mass is 10.2. The predicted molar refractivity (Wildman–Crippen MR) is 65.6 cm³/mol.